The van der Waals surface area contributed by atoms with Crippen molar-refractivity contribution in [2.24, 2.45) is 11.7 Å². The van der Waals surface area contributed by atoms with Gasteiger partial charge in [-0.15, -0.1) is 0 Å². The second-order valence-electron chi connectivity index (χ2n) is 5.27. The molecule has 0 saturated heterocycles. The van der Waals surface area contributed by atoms with Gasteiger partial charge in [0.15, 0.2) is 0 Å². The Balaban J connectivity index is 4.60. The molecule has 0 aromatic carbocycles. The highest BCUT2D eigenvalue weighted by atomic mass is 16.4. The summed E-state index contributed by atoms with van der Waals surface area (Å²) in [6.45, 7) is 2.49. The van der Waals surface area contributed by atoms with E-state index in [1.165, 1.54) is 0 Å². The molecule has 0 fully saturated rings. The van der Waals surface area contributed by atoms with Crippen molar-refractivity contribution in [1.29, 1.82) is 0 Å². The predicted octanol–water partition coefficient (Wildman–Crippen LogP) is -2.75. The molecule has 2 atom stereocenters. The highest BCUT2D eigenvalue weighted by Gasteiger charge is 2.26. The predicted molar refractivity (Wildman–Crippen MR) is 80.7 cm³/mol. The van der Waals surface area contributed by atoms with Crippen LogP contribution in [0.2, 0.25) is 0 Å². The number of hydrogen-bond acceptors (Lipinski definition) is 6. The van der Waals surface area contributed by atoms with Gasteiger partial charge in [0.1, 0.15) is 12.1 Å². The van der Waals surface area contributed by atoms with Gasteiger partial charge in [-0.25, -0.2) is 4.79 Å². The first kappa shape index (κ1) is 21.3. The van der Waals surface area contributed by atoms with E-state index in [-0.39, 0.29) is 12.5 Å². The van der Waals surface area contributed by atoms with Crippen LogP contribution in [0.5, 0.6) is 0 Å². The number of carbonyl (C=O) groups is 5. The summed E-state index contributed by atoms with van der Waals surface area (Å²) in [5.41, 5.74) is 5.15. The van der Waals surface area contributed by atoms with Crippen LogP contribution in [0.4, 0.5) is 0 Å². The van der Waals surface area contributed by atoms with Crippen LogP contribution in [0, 0.1) is 5.92 Å². The van der Waals surface area contributed by atoms with Crippen molar-refractivity contribution in [3.63, 3.8) is 0 Å². The van der Waals surface area contributed by atoms with Gasteiger partial charge < -0.3 is 31.9 Å². The molecule has 24 heavy (non-hydrogen) atoms. The number of rotatable bonds is 10. The van der Waals surface area contributed by atoms with Gasteiger partial charge in [-0.2, -0.15) is 0 Å². The van der Waals surface area contributed by atoms with E-state index >= 15 is 0 Å². The summed E-state index contributed by atoms with van der Waals surface area (Å²) in [4.78, 5) is 56.2. The highest BCUT2D eigenvalue weighted by molar-refractivity contribution is 5.92. The second-order valence-corrected chi connectivity index (χ2v) is 5.27. The third-order valence-electron chi connectivity index (χ3n) is 2.89. The Bertz CT molecular complexity index is 507. The summed E-state index contributed by atoms with van der Waals surface area (Å²) < 4.78 is 0. The molecular weight excluding hydrogens is 324 g/mol. The lowest BCUT2D eigenvalue weighted by molar-refractivity contribution is -0.147. The first-order valence-corrected chi connectivity index (χ1v) is 7.09. The fraction of sp³-hybridized carbons (Fsp3) is 0.615. The number of carboxylic acid groups (broad SMARTS) is 2. The van der Waals surface area contributed by atoms with Crippen molar-refractivity contribution < 1.29 is 34.2 Å². The maximum atomic E-state index is 12.0. The number of carboxylic acids is 2. The lowest BCUT2D eigenvalue weighted by atomic mass is 10.0. The Morgan fingerprint density at radius 3 is 2.00 bits per heavy atom. The Labute approximate surface area is 138 Å². The van der Waals surface area contributed by atoms with E-state index in [0.29, 0.717) is 0 Å². The van der Waals surface area contributed by atoms with Gasteiger partial charge in [-0.1, -0.05) is 13.8 Å². The van der Waals surface area contributed by atoms with Crippen LogP contribution in [0.3, 0.4) is 0 Å². The largest absolute Gasteiger partial charge is 0.481 e. The minimum absolute atomic E-state index is 0.276. The summed E-state index contributed by atoms with van der Waals surface area (Å²) in [5, 5.41) is 24.0. The van der Waals surface area contributed by atoms with Gasteiger partial charge >= 0.3 is 11.9 Å². The molecule has 0 aliphatic rings. The summed E-state index contributed by atoms with van der Waals surface area (Å²) in [5.74, 6) is -5.23. The van der Waals surface area contributed by atoms with E-state index in [0.717, 1.165) is 0 Å². The van der Waals surface area contributed by atoms with E-state index in [1.54, 1.807) is 13.8 Å². The fourth-order valence-electron chi connectivity index (χ4n) is 1.66. The normalized spacial score (nSPS) is 12.8. The van der Waals surface area contributed by atoms with Crippen molar-refractivity contribution >= 4 is 29.7 Å². The van der Waals surface area contributed by atoms with Crippen LogP contribution in [0.25, 0.3) is 0 Å². The van der Waals surface area contributed by atoms with Crippen molar-refractivity contribution in [3.8, 4) is 0 Å². The number of aliphatic carboxylic acids is 2. The molecular formula is C13H22N4O7. The van der Waals surface area contributed by atoms with Gasteiger partial charge in [0, 0.05) is 0 Å². The van der Waals surface area contributed by atoms with Gasteiger partial charge in [0.25, 0.3) is 0 Å². The smallest absolute Gasteiger partial charge is 0.326 e. The number of carbonyl (C=O) groups excluding carboxylic acids is 3. The zero-order valence-corrected chi connectivity index (χ0v) is 13.4. The summed E-state index contributed by atoms with van der Waals surface area (Å²) >= 11 is 0. The van der Waals surface area contributed by atoms with Crippen molar-refractivity contribution in [2.45, 2.75) is 32.4 Å². The molecule has 11 heteroatoms. The standard InChI is InChI=1S/C13H22N4O7/c1-6(2)11(17-8(18)4-14)12(22)15-5-9(19)16-7(13(23)24)3-10(20)21/h6-7,11H,3-5,14H2,1-2H3,(H,15,22)(H,16,19)(H,17,18)(H,20,21)(H,23,24)/t7-,11-/m0/s1. The zero-order valence-electron chi connectivity index (χ0n) is 13.4. The van der Waals surface area contributed by atoms with E-state index in [2.05, 4.69) is 10.6 Å². The molecule has 7 N–H and O–H groups in total. The fourth-order valence-corrected chi connectivity index (χ4v) is 1.66. The van der Waals surface area contributed by atoms with E-state index in [9.17, 15) is 24.0 Å². The van der Waals surface area contributed by atoms with E-state index in [4.69, 9.17) is 15.9 Å². The van der Waals surface area contributed by atoms with Crippen LogP contribution in [-0.4, -0.2) is 65.0 Å². The number of nitrogens with two attached hydrogens (primary N) is 1. The lowest BCUT2D eigenvalue weighted by Crippen LogP contribution is -2.53. The lowest BCUT2D eigenvalue weighted by Gasteiger charge is -2.21. The second kappa shape index (κ2) is 10.2. The average molecular weight is 346 g/mol. The van der Waals surface area contributed by atoms with Gasteiger partial charge in [0.05, 0.1) is 19.5 Å². The Morgan fingerprint density at radius 2 is 1.58 bits per heavy atom. The molecule has 0 spiro atoms. The molecule has 0 saturated carbocycles. The van der Waals surface area contributed by atoms with Gasteiger partial charge in [0.2, 0.25) is 17.7 Å². The Hall–Kier alpha value is -2.69. The zero-order chi connectivity index (χ0) is 18.9. The van der Waals surface area contributed by atoms with Crippen molar-refractivity contribution in [2.75, 3.05) is 13.1 Å². The maximum Gasteiger partial charge on any atom is 0.326 e. The van der Waals surface area contributed by atoms with Crippen LogP contribution in [0.1, 0.15) is 20.3 Å². The number of amides is 3. The van der Waals surface area contributed by atoms with Crippen LogP contribution < -0.4 is 21.7 Å². The first-order valence-electron chi connectivity index (χ1n) is 7.09. The van der Waals surface area contributed by atoms with E-state index < -0.39 is 54.7 Å². The third kappa shape index (κ3) is 8.08. The topological polar surface area (TPSA) is 188 Å². The third-order valence-corrected chi connectivity index (χ3v) is 2.89. The quantitative estimate of drug-likeness (QED) is 0.245. The van der Waals surface area contributed by atoms with Crippen LogP contribution in [0.15, 0.2) is 0 Å². The van der Waals surface area contributed by atoms with Crippen molar-refractivity contribution in [1.82, 2.24) is 16.0 Å². The molecule has 136 valence electrons. The van der Waals surface area contributed by atoms with E-state index in [1.807, 2.05) is 5.32 Å². The summed E-state index contributed by atoms with van der Waals surface area (Å²) in [7, 11) is 0. The van der Waals surface area contributed by atoms with Crippen LogP contribution in [-0.2, 0) is 24.0 Å². The van der Waals surface area contributed by atoms with Crippen molar-refractivity contribution in [3.05, 3.63) is 0 Å². The molecule has 0 heterocycles. The molecule has 11 nitrogen and oxygen atoms in total. The molecule has 0 aliphatic carbocycles. The maximum absolute atomic E-state index is 12.0. The molecule has 0 aromatic heterocycles. The van der Waals surface area contributed by atoms with Gasteiger partial charge in [-0.3, -0.25) is 19.2 Å². The minimum atomic E-state index is -1.61. The monoisotopic (exact) mass is 346 g/mol. The highest BCUT2D eigenvalue weighted by Crippen LogP contribution is 2.01. The molecule has 0 bridgehead atoms. The van der Waals surface area contributed by atoms with Gasteiger partial charge in [-0.05, 0) is 5.92 Å². The first-order chi connectivity index (χ1) is 11.1. The molecule has 0 aliphatic heterocycles. The average Bonchev–Trinajstić information content (AvgIpc) is 2.48. The molecule has 0 rings (SSSR count). The number of hydrogen-bond donors (Lipinski definition) is 6. The Kier molecular flexibility index (Phi) is 9.02. The molecule has 3 amide bonds. The summed E-state index contributed by atoms with van der Waals surface area (Å²) in [6, 6.07) is -2.52. The molecule has 0 aromatic rings. The number of nitrogens with one attached hydrogen (secondary N) is 3. The minimum Gasteiger partial charge on any atom is -0.481 e. The molecule has 0 unspecified atom stereocenters. The Morgan fingerprint density at radius 1 is 1.00 bits per heavy atom. The molecule has 0 radical (unpaired) electrons. The van der Waals surface area contributed by atoms with Crippen LogP contribution >= 0.6 is 0 Å². The SMILES string of the molecule is CC(C)[C@H](NC(=O)CN)C(=O)NCC(=O)N[C@@H](CC(=O)O)C(=O)O. The summed E-state index contributed by atoms with van der Waals surface area (Å²) in [6.07, 6.45) is -0.795.